The molecule has 0 aliphatic carbocycles. The van der Waals surface area contributed by atoms with E-state index in [1.807, 2.05) is 33.8 Å². The number of ether oxygens (including phenoxy) is 2. The molecular formula is C18H23Cl4NO3. The number of hydroxylamine groups is 1. The highest BCUT2D eigenvalue weighted by atomic mass is 35.5. The van der Waals surface area contributed by atoms with Gasteiger partial charge in [0, 0.05) is 24.8 Å². The van der Waals surface area contributed by atoms with E-state index in [-0.39, 0.29) is 22.8 Å². The normalized spacial score (nSPS) is 12.8. The van der Waals surface area contributed by atoms with Crippen molar-refractivity contribution in [3.63, 3.8) is 0 Å². The van der Waals surface area contributed by atoms with Crippen molar-refractivity contribution < 1.29 is 14.3 Å². The summed E-state index contributed by atoms with van der Waals surface area (Å²) in [4.78, 5) is 5.37. The van der Waals surface area contributed by atoms with Gasteiger partial charge in [-0.25, -0.2) is 0 Å². The van der Waals surface area contributed by atoms with Gasteiger partial charge in [-0.05, 0) is 33.8 Å². The number of benzene rings is 1. The van der Waals surface area contributed by atoms with Crippen LogP contribution in [0.15, 0.2) is 35.0 Å². The first-order chi connectivity index (χ1) is 12.1. The fraction of sp³-hybridized carbons (Fsp3) is 0.444. The van der Waals surface area contributed by atoms with Crippen molar-refractivity contribution in [3.05, 3.63) is 45.0 Å². The van der Waals surface area contributed by atoms with E-state index in [0.29, 0.717) is 28.0 Å². The molecule has 0 fully saturated rings. The Morgan fingerprint density at radius 1 is 1.19 bits per heavy atom. The minimum absolute atomic E-state index is 0.131. The third-order valence-electron chi connectivity index (χ3n) is 2.80. The number of hydrogen-bond acceptors (Lipinski definition) is 4. The highest BCUT2D eigenvalue weighted by Crippen LogP contribution is 2.37. The zero-order valence-corrected chi connectivity index (χ0v) is 18.1. The summed E-state index contributed by atoms with van der Waals surface area (Å²) in [5.41, 5.74) is 2.51. The summed E-state index contributed by atoms with van der Waals surface area (Å²) >= 11 is 23.6. The highest BCUT2D eigenvalue weighted by Gasteiger charge is 2.13. The molecule has 146 valence electrons. The van der Waals surface area contributed by atoms with Gasteiger partial charge in [0.2, 0.25) is 0 Å². The highest BCUT2D eigenvalue weighted by molar-refractivity contribution is 6.55. The van der Waals surface area contributed by atoms with E-state index in [0.717, 1.165) is 0 Å². The lowest BCUT2D eigenvalue weighted by Crippen LogP contribution is -2.25. The summed E-state index contributed by atoms with van der Waals surface area (Å²) in [5, 5.41) is 0.719. The fourth-order valence-corrected chi connectivity index (χ4v) is 2.38. The predicted molar refractivity (Wildman–Crippen MR) is 110 cm³/mol. The van der Waals surface area contributed by atoms with E-state index >= 15 is 0 Å². The Morgan fingerprint density at radius 3 is 2.35 bits per heavy atom. The Balaban J connectivity index is 2.58. The van der Waals surface area contributed by atoms with Crippen molar-refractivity contribution in [2.24, 2.45) is 0 Å². The largest absolute Gasteiger partial charge is 0.489 e. The molecule has 1 aromatic rings. The van der Waals surface area contributed by atoms with Crippen LogP contribution in [0.5, 0.6) is 11.5 Å². The monoisotopic (exact) mass is 441 g/mol. The average molecular weight is 443 g/mol. The van der Waals surface area contributed by atoms with Crippen molar-refractivity contribution in [3.8, 4) is 11.5 Å². The summed E-state index contributed by atoms with van der Waals surface area (Å²) in [6.45, 7) is 7.99. The SMILES string of the molecule is CC(CC=CNOC(C)(C)C)Oc1c(Cl)cc(OCC=C(Cl)Cl)cc1Cl. The van der Waals surface area contributed by atoms with E-state index in [2.05, 4.69) is 5.48 Å². The van der Waals surface area contributed by atoms with Crippen molar-refractivity contribution in [1.29, 1.82) is 0 Å². The molecule has 0 aliphatic rings. The van der Waals surface area contributed by atoms with E-state index in [1.54, 1.807) is 18.3 Å². The van der Waals surface area contributed by atoms with Gasteiger partial charge in [-0.1, -0.05) is 52.5 Å². The molecule has 0 saturated carbocycles. The van der Waals surface area contributed by atoms with Crippen LogP contribution in [0.3, 0.4) is 0 Å². The maximum atomic E-state index is 6.25. The Hall–Kier alpha value is -0.780. The smallest absolute Gasteiger partial charge is 0.157 e. The van der Waals surface area contributed by atoms with Gasteiger partial charge >= 0.3 is 0 Å². The minimum atomic E-state index is -0.262. The van der Waals surface area contributed by atoms with E-state index in [4.69, 9.17) is 60.7 Å². The van der Waals surface area contributed by atoms with Gasteiger partial charge in [0.1, 0.15) is 16.8 Å². The second kappa shape index (κ2) is 11.2. The molecule has 1 atom stereocenters. The zero-order valence-electron chi connectivity index (χ0n) is 15.1. The number of rotatable bonds is 9. The van der Waals surface area contributed by atoms with Gasteiger partial charge in [0.25, 0.3) is 0 Å². The lowest BCUT2D eigenvalue weighted by Gasteiger charge is -2.18. The molecule has 26 heavy (non-hydrogen) atoms. The van der Waals surface area contributed by atoms with Gasteiger partial charge in [-0.15, -0.1) is 0 Å². The molecular weight excluding hydrogens is 420 g/mol. The molecule has 0 saturated heterocycles. The van der Waals surface area contributed by atoms with Crippen molar-refractivity contribution in [2.45, 2.75) is 45.8 Å². The predicted octanol–water partition coefficient (Wildman–Crippen LogP) is 6.68. The Morgan fingerprint density at radius 2 is 1.81 bits per heavy atom. The quantitative estimate of drug-likeness (QED) is 0.432. The third-order valence-corrected chi connectivity index (χ3v) is 3.67. The Bertz CT molecular complexity index is 615. The molecule has 0 aliphatic heterocycles. The molecule has 0 heterocycles. The molecule has 0 radical (unpaired) electrons. The summed E-state index contributed by atoms with van der Waals surface area (Å²) in [7, 11) is 0. The molecule has 4 nitrogen and oxygen atoms in total. The number of hydrogen-bond donors (Lipinski definition) is 1. The standard InChI is InChI=1S/C18H23Cl4NO3/c1-12(6-5-8-23-26-18(2,3)4)25-17-14(19)10-13(11-15(17)20)24-9-7-16(21)22/h5,7-8,10-12,23H,6,9H2,1-4H3. The fourth-order valence-electron chi connectivity index (χ4n) is 1.70. The lowest BCUT2D eigenvalue weighted by atomic mass is 10.2. The average Bonchev–Trinajstić information content (AvgIpc) is 2.49. The van der Waals surface area contributed by atoms with Gasteiger partial charge < -0.3 is 9.47 Å². The third kappa shape index (κ3) is 9.79. The van der Waals surface area contributed by atoms with Crippen LogP contribution in [0.25, 0.3) is 0 Å². The summed E-state index contributed by atoms with van der Waals surface area (Å²) in [5.74, 6) is 0.903. The van der Waals surface area contributed by atoms with E-state index in [1.165, 1.54) is 6.08 Å². The van der Waals surface area contributed by atoms with Crippen molar-refractivity contribution in [1.82, 2.24) is 5.48 Å². The van der Waals surface area contributed by atoms with Crippen LogP contribution in [0.4, 0.5) is 0 Å². The van der Waals surface area contributed by atoms with Crippen LogP contribution in [0, 0.1) is 0 Å². The van der Waals surface area contributed by atoms with Crippen LogP contribution in [-0.4, -0.2) is 18.3 Å². The first-order valence-electron chi connectivity index (χ1n) is 7.96. The van der Waals surface area contributed by atoms with Crippen LogP contribution in [0.2, 0.25) is 10.0 Å². The van der Waals surface area contributed by atoms with Gasteiger partial charge in [0.15, 0.2) is 5.75 Å². The lowest BCUT2D eigenvalue weighted by molar-refractivity contribution is -0.0523. The van der Waals surface area contributed by atoms with E-state index < -0.39 is 0 Å². The second-order valence-electron chi connectivity index (χ2n) is 6.42. The summed E-state index contributed by atoms with van der Waals surface area (Å²) < 4.78 is 11.4. The molecule has 1 rings (SSSR count). The molecule has 1 unspecified atom stereocenters. The van der Waals surface area contributed by atoms with Crippen LogP contribution < -0.4 is 15.0 Å². The molecule has 1 N–H and O–H groups in total. The van der Waals surface area contributed by atoms with E-state index in [9.17, 15) is 0 Å². The summed E-state index contributed by atoms with van der Waals surface area (Å²) in [6, 6.07) is 3.25. The van der Waals surface area contributed by atoms with Gasteiger partial charge in [-0.2, -0.15) is 0 Å². The second-order valence-corrected chi connectivity index (χ2v) is 8.24. The number of nitrogens with one attached hydrogen (secondary N) is 1. The van der Waals surface area contributed by atoms with Crippen molar-refractivity contribution in [2.75, 3.05) is 6.61 Å². The first-order valence-corrected chi connectivity index (χ1v) is 9.48. The number of halogens is 4. The zero-order chi connectivity index (χ0) is 19.7. The Labute approximate surface area is 174 Å². The summed E-state index contributed by atoms with van der Waals surface area (Å²) in [6.07, 6.45) is 5.65. The molecule has 1 aromatic carbocycles. The van der Waals surface area contributed by atoms with Crippen LogP contribution >= 0.6 is 46.4 Å². The molecule has 0 aromatic heterocycles. The van der Waals surface area contributed by atoms with Gasteiger partial charge in [0.05, 0.1) is 21.8 Å². The topological polar surface area (TPSA) is 39.7 Å². The molecule has 8 heteroatoms. The van der Waals surface area contributed by atoms with Crippen molar-refractivity contribution >= 4 is 46.4 Å². The molecule has 0 spiro atoms. The van der Waals surface area contributed by atoms with Crippen LogP contribution in [-0.2, 0) is 4.84 Å². The van der Waals surface area contributed by atoms with Gasteiger partial charge in [-0.3, -0.25) is 10.3 Å². The minimum Gasteiger partial charge on any atom is -0.489 e. The molecule has 0 amide bonds. The maximum Gasteiger partial charge on any atom is 0.157 e. The first kappa shape index (κ1) is 23.3. The molecule has 0 bridgehead atoms. The van der Waals surface area contributed by atoms with Crippen LogP contribution in [0.1, 0.15) is 34.1 Å². The Kier molecular flexibility index (Phi) is 9.98. The maximum absolute atomic E-state index is 6.25.